The molecule has 0 aliphatic carbocycles. The molecule has 17 heavy (non-hydrogen) atoms. The third-order valence-electron chi connectivity index (χ3n) is 1.95. The van der Waals surface area contributed by atoms with Crippen LogP contribution in [0, 0.1) is 22.5 Å². The molecule has 0 unspecified atom stereocenters. The fourth-order valence-electron chi connectivity index (χ4n) is 1.21. The zero-order chi connectivity index (χ0) is 12.8. The molecule has 0 radical (unpaired) electrons. The van der Waals surface area contributed by atoms with Gasteiger partial charge in [0, 0.05) is 6.07 Å². The van der Waals surface area contributed by atoms with Gasteiger partial charge in [0.05, 0.1) is 23.7 Å². The van der Waals surface area contributed by atoms with Crippen molar-refractivity contribution in [2.75, 3.05) is 13.7 Å². The Labute approximate surface area is 97.3 Å². The average molecular weight is 235 g/mol. The van der Waals surface area contributed by atoms with Crippen LogP contribution in [-0.4, -0.2) is 24.9 Å². The van der Waals surface area contributed by atoms with E-state index in [-0.39, 0.29) is 29.4 Å². The number of methoxy groups -OCH3 is 1. The minimum Gasteiger partial charge on any atom is -0.493 e. The molecule has 0 bridgehead atoms. The third kappa shape index (κ3) is 2.72. The lowest BCUT2D eigenvalue weighted by molar-refractivity contribution is -0.385. The Morgan fingerprint density at radius 1 is 1.53 bits per heavy atom. The first-order valence-electron chi connectivity index (χ1n) is 4.52. The number of ether oxygens (including phenoxy) is 2. The predicted octanol–water partition coefficient (Wildman–Crippen LogP) is 1.43. The Morgan fingerprint density at radius 3 is 2.71 bits per heavy atom. The number of nitro benzene ring substituents is 1. The number of hydrogen-bond acceptors (Lipinski definition) is 5. The van der Waals surface area contributed by atoms with Crippen molar-refractivity contribution >= 4 is 12.0 Å². The molecule has 6 heteroatoms. The van der Waals surface area contributed by atoms with Crippen LogP contribution in [0.4, 0.5) is 5.69 Å². The van der Waals surface area contributed by atoms with Crippen LogP contribution in [0.5, 0.6) is 11.5 Å². The Morgan fingerprint density at radius 2 is 2.24 bits per heavy atom. The van der Waals surface area contributed by atoms with E-state index in [0.29, 0.717) is 6.29 Å². The van der Waals surface area contributed by atoms with E-state index in [2.05, 4.69) is 5.92 Å². The van der Waals surface area contributed by atoms with E-state index in [1.807, 2.05) is 0 Å². The van der Waals surface area contributed by atoms with Crippen molar-refractivity contribution in [2.24, 2.45) is 0 Å². The minimum atomic E-state index is -0.675. The predicted molar refractivity (Wildman–Crippen MR) is 59.4 cm³/mol. The summed E-state index contributed by atoms with van der Waals surface area (Å²) in [6.07, 6.45) is 5.40. The van der Waals surface area contributed by atoms with Gasteiger partial charge in [0.2, 0.25) is 0 Å². The van der Waals surface area contributed by atoms with E-state index in [9.17, 15) is 14.9 Å². The summed E-state index contributed by atoms with van der Waals surface area (Å²) >= 11 is 0. The molecule has 0 aromatic heterocycles. The standard InChI is InChI=1S/C11H9NO5/c1-3-4-17-11-6-9(12(14)15)8(7-13)5-10(11)16-2/h1,5-7H,4H2,2H3. The van der Waals surface area contributed by atoms with E-state index in [1.165, 1.54) is 13.2 Å². The van der Waals surface area contributed by atoms with Crippen molar-refractivity contribution in [2.45, 2.75) is 0 Å². The van der Waals surface area contributed by atoms with E-state index >= 15 is 0 Å². The van der Waals surface area contributed by atoms with Gasteiger partial charge >= 0.3 is 0 Å². The number of nitrogens with zero attached hydrogens (tertiary/aromatic N) is 1. The molecule has 1 rings (SSSR count). The van der Waals surface area contributed by atoms with Crippen LogP contribution in [-0.2, 0) is 0 Å². The van der Waals surface area contributed by atoms with Crippen molar-refractivity contribution in [1.29, 1.82) is 0 Å². The van der Waals surface area contributed by atoms with Gasteiger partial charge in [0.15, 0.2) is 17.8 Å². The number of rotatable bonds is 5. The quantitative estimate of drug-likeness (QED) is 0.334. The number of carbonyl (C=O) groups excluding carboxylic acids is 1. The summed E-state index contributed by atoms with van der Waals surface area (Å²) in [5.74, 6) is 2.57. The van der Waals surface area contributed by atoms with Gasteiger partial charge in [-0.05, 0) is 0 Å². The molecular weight excluding hydrogens is 226 g/mol. The van der Waals surface area contributed by atoms with Gasteiger partial charge in [-0.25, -0.2) is 0 Å². The Kier molecular flexibility index (Phi) is 4.06. The molecule has 0 saturated heterocycles. The number of terminal acetylenes is 1. The van der Waals surface area contributed by atoms with E-state index in [1.54, 1.807) is 0 Å². The molecule has 6 nitrogen and oxygen atoms in total. The molecule has 0 N–H and O–H groups in total. The molecule has 0 fully saturated rings. The molecule has 1 aromatic rings. The second-order valence-corrected chi connectivity index (χ2v) is 2.93. The van der Waals surface area contributed by atoms with Crippen LogP contribution >= 0.6 is 0 Å². The lowest BCUT2D eigenvalue weighted by Gasteiger charge is -2.09. The summed E-state index contributed by atoms with van der Waals surface area (Å²) in [6, 6.07) is 2.34. The summed E-state index contributed by atoms with van der Waals surface area (Å²) in [5.41, 5.74) is -0.437. The maximum atomic E-state index is 10.7. The first-order valence-corrected chi connectivity index (χ1v) is 4.52. The number of carbonyl (C=O) groups is 1. The van der Waals surface area contributed by atoms with Crippen molar-refractivity contribution in [1.82, 2.24) is 0 Å². The molecule has 0 saturated carbocycles. The molecule has 0 aliphatic heterocycles. The number of aldehydes is 1. The smallest absolute Gasteiger partial charge is 0.283 e. The highest BCUT2D eigenvalue weighted by atomic mass is 16.6. The fourth-order valence-corrected chi connectivity index (χ4v) is 1.21. The third-order valence-corrected chi connectivity index (χ3v) is 1.95. The van der Waals surface area contributed by atoms with Gasteiger partial charge < -0.3 is 9.47 Å². The van der Waals surface area contributed by atoms with Crippen LogP contribution in [0.3, 0.4) is 0 Å². The average Bonchev–Trinajstić information content (AvgIpc) is 2.34. The van der Waals surface area contributed by atoms with Gasteiger partial charge in [0.1, 0.15) is 6.61 Å². The van der Waals surface area contributed by atoms with Gasteiger partial charge in [-0.2, -0.15) is 0 Å². The van der Waals surface area contributed by atoms with Gasteiger partial charge in [-0.3, -0.25) is 14.9 Å². The van der Waals surface area contributed by atoms with Crippen molar-refractivity contribution < 1.29 is 19.2 Å². The molecule has 1 aromatic carbocycles. The highest BCUT2D eigenvalue weighted by Gasteiger charge is 2.19. The van der Waals surface area contributed by atoms with Gasteiger partial charge in [0.25, 0.3) is 5.69 Å². The lowest BCUT2D eigenvalue weighted by Crippen LogP contribution is -2.01. The topological polar surface area (TPSA) is 78.7 Å². The summed E-state index contributed by atoms with van der Waals surface area (Å²) in [5, 5.41) is 10.7. The number of benzene rings is 1. The zero-order valence-corrected chi connectivity index (χ0v) is 9.00. The summed E-state index contributed by atoms with van der Waals surface area (Å²) in [7, 11) is 1.36. The lowest BCUT2D eigenvalue weighted by atomic mass is 10.1. The molecule has 88 valence electrons. The minimum absolute atomic E-state index is 0.0477. The summed E-state index contributed by atoms with van der Waals surface area (Å²) in [4.78, 5) is 20.7. The van der Waals surface area contributed by atoms with Gasteiger partial charge in [-0.1, -0.05) is 5.92 Å². The molecule has 0 spiro atoms. The molecule has 0 aliphatic rings. The first kappa shape index (κ1) is 12.5. The fraction of sp³-hybridized carbons (Fsp3) is 0.182. The SMILES string of the molecule is C#CCOc1cc([N+](=O)[O-])c(C=O)cc1OC. The summed E-state index contributed by atoms with van der Waals surface area (Å²) in [6.45, 7) is -0.0477. The zero-order valence-electron chi connectivity index (χ0n) is 9.00. The van der Waals surface area contributed by atoms with Gasteiger partial charge in [-0.15, -0.1) is 6.42 Å². The van der Waals surface area contributed by atoms with Crippen LogP contribution in [0.25, 0.3) is 0 Å². The van der Waals surface area contributed by atoms with Crippen LogP contribution in [0.2, 0.25) is 0 Å². The van der Waals surface area contributed by atoms with Crippen LogP contribution in [0.15, 0.2) is 12.1 Å². The van der Waals surface area contributed by atoms with Crippen LogP contribution < -0.4 is 9.47 Å². The Balaban J connectivity index is 3.29. The molecule has 0 amide bonds. The molecule has 0 atom stereocenters. The molecular formula is C11H9NO5. The number of hydrogen-bond donors (Lipinski definition) is 0. The first-order chi connectivity index (χ1) is 8.13. The highest BCUT2D eigenvalue weighted by Crippen LogP contribution is 2.33. The molecule has 0 heterocycles. The highest BCUT2D eigenvalue weighted by molar-refractivity contribution is 5.83. The summed E-state index contributed by atoms with van der Waals surface area (Å²) < 4.78 is 10.0. The largest absolute Gasteiger partial charge is 0.493 e. The van der Waals surface area contributed by atoms with Crippen LogP contribution in [0.1, 0.15) is 10.4 Å². The maximum absolute atomic E-state index is 10.7. The van der Waals surface area contributed by atoms with E-state index in [4.69, 9.17) is 15.9 Å². The van der Waals surface area contributed by atoms with E-state index in [0.717, 1.165) is 6.07 Å². The monoisotopic (exact) mass is 235 g/mol. The Bertz CT molecular complexity index is 489. The van der Waals surface area contributed by atoms with Crippen molar-refractivity contribution in [3.8, 4) is 23.8 Å². The maximum Gasteiger partial charge on any atom is 0.283 e. The second kappa shape index (κ2) is 5.51. The van der Waals surface area contributed by atoms with E-state index < -0.39 is 4.92 Å². The van der Waals surface area contributed by atoms with Crippen molar-refractivity contribution in [3.05, 3.63) is 27.8 Å². The van der Waals surface area contributed by atoms with Crippen molar-refractivity contribution in [3.63, 3.8) is 0 Å². The normalized spacial score (nSPS) is 9.18. The second-order valence-electron chi connectivity index (χ2n) is 2.93. The number of nitro groups is 1. The Hall–Kier alpha value is -2.55.